The fourth-order valence-corrected chi connectivity index (χ4v) is 4.96. The van der Waals surface area contributed by atoms with E-state index in [1.807, 2.05) is 19.1 Å². The SMILES string of the molecule is COc1ccc(CCCCCCOc2ccc(NS(=O)(=O)c3ccc(C)cc3)cc2CCC(=O)O)cc1. The van der Waals surface area contributed by atoms with Gasteiger partial charge in [-0.15, -0.1) is 0 Å². The molecule has 0 saturated heterocycles. The number of unbranched alkanes of at least 4 members (excludes halogenated alkanes) is 3. The normalized spacial score (nSPS) is 11.2. The number of ether oxygens (including phenoxy) is 2. The first-order valence-electron chi connectivity index (χ1n) is 12.5. The molecule has 0 atom stereocenters. The van der Waals surface area contributed by atoms with Crippen LogP contribution in [0.25, 0.3) is 0 Å². The molecule has 0 aliphatic rings. The van der Waals surface area contributed by atoms with Crippen LogP contribution in [0.2, 0.25) is 0 Å². The summed E-state index contributed by atoms with van der Waals surface area (Å²) in [7, 11) is -2.10. The topological polar surface area (TPSA) is 102 Å². The lowest BCUT2D eigenvalue weighted by Gasteiger charge is -2.14. The largest absolute Gasteiger partial charge is 0.497 e. The number of methoxy groups -OCH3 is 1. The first-order valence-corrected chi connectivity index (χ1v) is 13.9. The number of aryl methyl sites for hydroxylation is 3. The van der Waals surface area contributed by atoms with Crippen molar-refractivity contribution < 1.29 is 27.8 Å². The predicted octanol–water partition coefficient (Wildman–Crippen LogP) is 6.00. The molecule has 0 radical (unpaired) electrons. The Kier molecular flexibility index (Phi) is 10.4. The van der Waals surface area contributed by atoms with E-state index in [1.54, 1.807) is 49.6 Å². The number of hydrogen-bond acceptors (Lipinski definition) is 5. The maximum absolute atomic E-state index is 12.7. The van der Waals surface area contributed by atoms with Crippen molar-refractivity contribution in [1.29, 1.82) is 0 Å². The van der Waals surface area contributed by atoms with Gasteiger partial charge in [0.1, 0.15) is 11.5 Å². The van der Waals surface area contributed by atoms with Gasteiger partial charge in [-0.1, -0.05) is 42.7 Å². The smallest absolute Gasteiger partial charge is 0.303 e. The molecule has 0 amide bonds. The monoisotopic (exact) mass is 525 g/mol. The van der Waals surface area contributed by atoms with Gasteiger partial charge in [-0.25, -0.2) is 8.42 Å². The van der Waals surface area contributed by atoms with Gasteiger partial charge >= 0.3 is 5.97 Å². The summed E-state index contributed by atoms with van der Waals surface area (Å²) in [5, 5.41) is 9.14. The highest BCUT2D eigenvalue weighted by Gasteiger charge is 2.16. The van der Waals surface area contributed by atoms with Crippen molar-refractivity contribution >= 4 is 21.7 Å². The molecular weight excluding hydrogens is 490 g/mol. The zero-order valence-corrected chi connectivity index (χ0v) is 22.2. The Balaban J connectivity index is 1.52. The zero-order valence-electron chi connectivity index (χ0n) is 21.4. The van der Waals surface area contributed by atoms with E-state index < -0.39 is 16.0 Å². The third-order valence-corrected chi connectivity index (χ3v) is 7.43. The Labute approximate surface area is 219 Å². The van der Waals surface area contributed by atoms with Gasteiger partial charge in [0.25, 0.3) is 10.0 Å². The van der Waals surface area contributed by atoms with Crippen LogP contribution in [0.5, 0.6) is 11.5 Å². The molecule has 2 N–H and O–H groups in total. The third kappa shape index (κ3) is 9.13. The molecule has 0 spiro atoms. The Hall–Kier alpha value is -3.52. The summed E-state index contributed by atoms with van der Waals surface area (Å²) >= 11 is 0. The van der Waals surface area contributed by atoms with Crippen LogP contribution in [0.3, 0.4) is 0 Å². The minimum absolute atomic E-state index is 0.0735. The standard InChI is InChI=1S/C29H35NO6S/c1-22-8-16-27(17-9-22)37(33,34)30-25-13-18-28(24(21-25)12-19-29(31)32)36-20-6-4-3-5-7-23-10-14-26(35-2)15-11-23/h8-11,13-18,21,30H,3-7,12,19-20H2,1-2H3,(H,31,32). The Morgan fingerprint density at radius 1 is 0.892 bits per heavy atom. The molecule has 0 fully saturated rings. The highest BCUT2D eigenvalue weighted by Crippen LogP contribution is 2.27. The molecule has 0 heterocycles. The fourth-order valence-electron chi connectivity index (χ4n) is 3.91. The molecule has 8 heteroatoms. The highest BCUT2D eigenvalue weighted by molar-refractivity contribution is 7.92. The van der Waals surface area contributed by atoms with Crippen LogP contribution >= 0.6 is 0 Å². The minimum Gasteiger partial charge on any atom is -0.497 e. The van der Waals surface area contributed by atoms with E-state index in [1.165, 1.54) is 5.56 Å². The number of nitrogens with one attached hydrogen (secondary N) is 1. The lowest BCUT2D eigenvalue weighted by atomic mass is 10.1. The van der Waals surface area contributed by atoms with Crippen LogP contribution in [-0.4, -0.2) is 33.2 Å². The molecule has 3 aromatic rings. The number of anilines is 1. The highest BCUT2D eigenvalue weighted by atomic mass is 32.2. The van der Waals surface area contributed by atoms with Gasteiger partial charge in [0.05, 0.1) is 18.6 Å². The predicted molar refractivity (Wildman–Crippen MR) is 145 cm³/mol. The van der Waals surface area contributed by atoms with Crippen LogP contribution in [-0.2, 0) is 27.7 Å². The van der Waals surface area contributed by atoms with Crippen molar-refractivity contribution in [3.05, 3.63) is 83.4 Å². The number of carboxylic acid groups (broad SMARTS) is 1. The van der Waals surface area contributed by atoms with E-state index in [0.717, 1.165) is 43.4 Å². The van der Waals surface area contributed by atoms with Crippen molar-refractivity contribution in [2.45, 2.75) is 56.8 Å². The maximum Gasteiger partial charge on any atom is 0.303 e. The lowest BCUT2D eigenvalue weighted by molar-refractivity contribution is -0.136. The lowest BCUT2D eigenvalue weighted by Crippen LogP contribution is -2.13. The summed E-state index contributed by atoms with van der Waals surface area (Å²) in [5.41, 5.74) is 3.28. The van der Waals surface area contributed by atoms with Crippen molar-refractivity contribution in [3.63, 3.8) is 0 Å². The van der Waals surface area contributed by atoms with Gasteiger partial charge in [0, 0.05) is 12.1 Å². The average molecular weight is 526 g/mol. The van der Waals surface area contributed by atoms with E-state index in [9.17, 15) is 13.2 Å². The second-order valence-corrected chi connectivity index (χ2v) is 10.7. The quantitative estimate of drug-likeness (QED) is 0.236. The molecule has 0 aromatic heterocycles. The van der Waals surface area contributed by atoms with E-state index in [-0.39, 0.29) is 17.7 Å². The summed E-state index contributed by atoms with van der Waals surface area (Å²) in [4.78, 5) is 11.3. The van der Waals surface area contributed by atoms with Crippen molar-refractivity contribution in [2.75, 3.05) is 18.4 Å². The second kappa shape index (κ2) is 13.7. The number of carbonyl (C=O) groups is 1. The Bertz CT molecular complexity index is 1250. The second-order valence-electron chi connectivity index (χ2n) is 9.00. The van der Waals surface area contributed by atoms with Crippen LogP contribution in [0, 0.1) is 6.92 Å². The number of aliphatic carboxylic acids is 1. The van der Waals surface area contributed by atoms with Gasteiger partial charge < -0.3 is 14.6 Å². The molecule has 37 heavy (non-hydrogen) atoms. The van der Waals surface area contributed by atoms with E-state index >= 15 is 0 Å². The van der Waals surface area contributed by atoms with Crippen LogP contribution in [0.1, 0.15) is 48.8 Å². The van der Waals surface area contributed by atoms with Gasteiger partial charge in [-0.3, -0.25) is 9.52 Å². The molecule has 0 unspecified atom stereocenters. The van der Waals surface area contributed by atoms with Gasteiger partial charge in [0.2, 0.25) is 0 Å². The van der Waals surface area contributed by atoms with Crippen molar-refractivity contribution in [2.24, 2.45) is 0 Å². The molecule has 7 nitrogen and oxygen atoms in total. The number of rotatable bonds is 15. The summed E-state index contributed by atoms with van der Waals surface area (Å²) in [6.45, 7) is 2.40. The summed E-state index contributed by atoms with van der Waals surface area (Å²) in [6, 6.07) is 19.7. The first-order chi connectivity index (χ1) is 17.8. The van der Waals surface area contributed by atoms with E-state index in [2.05, 4.69) is 16.9 Å². The molecular formula is C29H35NO6S. The molecule has 0 aliphatic heterocycles. The zero-order chi connectivity index (χ0) is 26.7. The Morgan fingerprint density at radius 2 is 1.59 bits per heavy atom. The number of sulfonamides is 1. The number of carboxylic acids is 1. The van der Waals surface area contributed by atoms with E-state index in [0.29, 0.717) is 23.6 Å². The van der Waals surface area contributed by atoms with Crippen LogP contribution in [0.15, 0.2) is 71.6 Å². The first kappa shape index (κ1) is 28.1. The average Bonchev–Trinajstić information content (AvgIpc) is 2.88. The third-order valence-electron chi connectivity index (χ3n) is 6.03. The maximum atomic E-state index is 12.7. The van der Waals surface area contributed by atoms with E-state index in [4.69, 9.17) is 14.6 Å². The molecule has 3 aromatic carbocycles. The van der Waals surface area contributed by atoms with Crippen LogP contribution < -0.4 is 14.2 Å². The molecule has 0 bridgehead atoms. The number of hydrogen-bond donors (Lipinski definition) is 2. The summed E-state index contributed by atoms with van der Waals surface area (Å²) < 4.78 is 39.2. The molecule has 198 valence electrons. The van der Waals surface area contributed by atoms with Crippen molar-refractivity contribution in [1.82, 2.24) is 0 Å². The van der Waals surface area contributed by atoms with Crippen molar-refractivity contribution in [3.8, 4) is 11.5 Å². The molecule has 0 aliphatic carbocycles. The number of benzene rings is 3. The summed E-state index contributed by atoms with van der Waals surface area (Å²) in [5.74, 6) is 0.520. The van der Waals surface area contributed by atoms with Gasteiger partial charge in [-0.05, 0) is 86.2 Å². The van der Waals surface area contributed by atoms with Gasteiger partial charge in [-0.2, -0.15) is 0 Å². The fraction of sp³-hybridized carbons (Fsp3) is 0.345. The van der Waals surface area contributed by atoms with Gasteiger partial charge in [0.15, 0.2) is 0 Å². The minimum atomic E-state index is -3.76. The molecule has 3 rings (SSSR count). The van der Waals surface area contributed by atoms with Crippen LogP contribution in [0.4, 0.5) is 5.69 Å². The summed E-state index contributed by atoms with van der Waals surface area (Å²) in [6.07, 6.45) is 5.26. The molecule has 0 saturated carbocycles. The Morgan fingerprint density at radius 3 is 2.27 bits per heavy atom.